The Hall–Kier alpha value is -0.890. The summed E-state index contributed by atoms with van der Waals surface area (Å²) in [5, 5.41) is 0. The van der Waals surface area contributed by atoms with Crippen molar-refractivity contribution >= 4 is 27.3 Å². The van der Waals surface area contributed by atoms with E-state index in [0.29, 0.717) is 4.88 Å². The van der Waals surface area contributed by atoms with E-state index in [1.807, 2.05) is 0 Å². The number of hydrogen-bond donors (Lipinski definition) is 2. The predicted molar refractivity (Wildman–Crippen MR) is 65.3 cm³/mol. The molecule has 1 atom stereocenters. The smallest absolute Gasteiger partial charge is 0.145 e. The SMILES string of the molecule is NNC(c1cncs1)c1c(F)ccc(Br)c1F. The third kappa shape index (κ3) is 2.37. The zero-order valence-electron chi connectivity index (χ0n) is 8.45. The molecule has 3 N–H and O–H groups in total. The van der Waals surface area contributed by atoms with Gasteiger partial charge in [0.05, 0.1) is 16.0 Å². The van der Waals surface area contributed by atoms with E-state index in [0.717, 1.165) is 0 Å². The van der Waals surface area contributed by atoms with Crippen molar-refractivity contribution in [2.24, 2.45) is 5.84 Å². The lowest BCUT2D eigenvalue weighted by Gasteiger charge is -2.16. The van der Waals surface area contributed by atoms with Crippen molar-refractivity contribution in [2.75, 3.05) is 0 Å². The van der Waals surface area contributed by atoms with Crippen LogP contribution in [-0.2, 0) is 0 Å². The summed E-state index contributed by atoms with van der Waals surface area (Å²) in [6.07, 6.45) is 1.52. The molecule has 1 aromatic heterocycles. The van der Waals surface area contributed by atoms with Crippen molar-refractivity contribution in [1.82, 2.24) is 10.4 Å². The molecule has 0 amide bonds. The van der Waals surface area contributed by atoms with Crippen molar-refractivity contribution in [3.8, 4) is 0 Å². The molecule has 0 aliphatic heterocycles. The fraction of sp³-hybridized carbons (Fsp3) is 0.100. The Morgan fingerprint density at radius 3 is 2.76 bits per heavy atom. The van der Waals surface area contributed by atoms with Crippen LogP contribution in [-0.4, -0.2) is 4.98 Å². The third-order valence-corrected chi connectivity index (χ3v) is 3.72. The Balaban J connectivity index is 2.55. The van der Waals surface area contributed by atoms with Crippen LogP contribution in [0.5, 0.6) is 0 Å². The number of hydrogen-bond acceptors (Lipinski definition) is 4. The monoisotopic (exact) mass is 319 g/mol. The molecule has 0 saturated heterocycles. The maximum atomic E-state index is 13.9. The molecule has 0 aliphatic carbocycles. The number of nitrogens with two attached hydrogens (primary N) is 1. The van der Waals surface area contributed by atoms with E-state index in [2.05, 4.69) is 26.3 Å². The van der Waals surface area contributed by atoms with Crippen molar-refractivity contribution in [2.45, 2.75) is 6.04 Å². The fourth-order valence-electron chi connectivity index (χ4n) is 1.48. The quantitative estimate of drug-likeness (QED) is 0.519. The molecular formula is C10H8BrF2N3S. The molecule has 17 heavy (non-hydrogen) atoms. The molecule has 0 radical (unpaired) electrons. The lowest BCUT2D eigenvalue weighted by molar-refractivity contribution is 0.510. The normalized spacial score (nSPS) is 12.7. The van der Waals surface area contributed by atoms with Gasteiger partial charge in [0.1, 0.15) is 11.6 Å². The number of halogens is 3. The minimum absolute atomic E-state index is 0.119. The van der Waals surface area contributed by atoms with Crippen LogP contribution < -0.4 is 11.3 Å². The van der Waals surface area contributed by atoms with Crippen molar-refractivity contribution in [3.63, 3.8) is 0 Å². The number of aromatic nitrogens is 1. The lowest BCUT2D eigenvalue weighted by atomic mass is 10.1. The van der Waals surface area contributed by atoms with Gasteiger partial charge in [0.15, 0.2) is 0 Å². The van der Waals surface area contributed by atoms with Crippen LogP contribution in [0.1, 0.15) is 16.5 Å². The van der Waals surface area contributed by atoms with Gasteiger partial charge in [-0.2, -0.15) is 0 Å². The van der Waals surface area contributed by atoms with Gasteiger partial charge >= 0.3 is 0 Å². The van der Waals surface area contributed by atoms with Gasteiger partial charge in [-0.3, -0.25) is 10.8 Å². The lowest BCUT2D eigenvalue weighted by Crippen LogP contribution is -2.29. The van der Waals surface area contributed by atoms with Gasteiger partial charge in [-0.1, -0.05) is 0 Å². The summed E-state index contributed by atoms with van der Waals surface area (Å²) in [6, 6.07) is 1.75. The molecular weight excluding hydrogens is 312 g/mol. The molecule has 0 aliphatic rings. The molecule has 1 heterocycles. The predicted octanol–water partition coefficient (Wildman–Crippen LogP) is 2.74. The minimum atomic E-state index is -0.750. The van der Waals surface area contributed by atoms with Crippen LogP contribution in [0.3, 0.4) is 0 Å². The van der Waals surface area contributed by atoms with E-state index in [1.54, 1.807) is 5.51 Å². The van der Waals surface area contributed by atoms with Crippen LogP contribution in [0.4, 0.5) is 8.78 Å². The Morgan fingerprint density at radius 2 is 2.18 bits per heavy atom. The zero-order valence-corrected chi connectivity index (χ0v) is 10.9. The number of nitrogens with one attached hydrogen (secondary N) is 1. The molecule has 0 saturated carbocycles. The number of thiazole rings is 1. The van der Waals surface area contributed by atoms with Gasteiger partial charge in [0, 0.05) is 16.6 Å². The average molecular weight is 320 g/mol. The summed E-state index contributed by atoms with van der Waals surface area (Å²) in [5.74, 6) is 4.05. The van der Waals surface area contributed by atoms with Gasteiger partial charge in [-0.25, -0.2) is 14.2 Å². The zero-order chi connectivity index (χ0) is 12.4. The molecule has 2 aromatic rings. The summed E-state index contributed by atoms with van der Waals surface area (Å²) in [7, 11) is 0. The number of benzene rings is 1. The molecule has 0 spiro atoms. The molecule has 1 aromatic carbocycles. The van der Waals surface area contributed by atoms with E-state index >= 15 is 0 Å². The standard InChI is InChI=1S/C10H8BrF2N3S/c11-5-1-2-6(12)8(9(5)13)10(16-14)7-3-15-4-17-7/h1-4,10,16H,14H2. The Morgan fingerprint density at radius 1 is 1.41 bits per heavy atom. The number of nitrogens with zero attached hydrogens (tertiary/aromatic N) is 1. The van der Waals surface area contributed by atoms with Gasteiger partial charge in [0.2, 0.25) is 0 Å². The van der Waals surface area contributed by atoms with E-state index in [-0.39, 0.29) is 10.0 Å². The van der Waals surface area contributed by atoms with Crippen LogP contribution in [0.25, 0.3) is 0 Å². The maximum absolute atomic E-state index is 13.9. The van der Waals surface area contributed by atoms with Crippen molar-refractivity contribution in [3.05, 3.63) is 50.4 Å². The molecule has 90 valence electrons. The van der Waals surface area contributed by atoms with Gasteiger partial charge in [-0.15, -0.1) is 11.3 Å². The van der Waals surface area contributed by atoms with E-state index in [9.17, 15) is 8.78 Å². The Kier molecular flexibility index (Phi) is 3.82. The van der Waals surface area contributed by atoms with E-state index < -0.39 is 17.7 Å². The van der Waals surface area contributed by atoms with Crippen LogP contribution in [0.15, 0.2) is 28.3 Å². The molecule has 7 heteroatoms. The van der Waals surface area contributed by atoms with E-state index in [1.165, 1.54) is 29.7 Å². The number of rotatable bonds is 3. The summed E-state index contributed by atoms with van der Waals surface area (Å²) >= 11 is 4.29. The largest absolute Gasteiger partial charge is 0.271 e. The first-order valence-corrected chi connectivity index (χ1v) is 6.30. The third-order valence-electron chi connectivity index (χ3n) is 2.27. The first-order valence-electron chi connectivity index (χ1n) is 4.63. The Bertz CT molecular complexity index is 519. The molecule has 1 unspecified atom stereocenters. The second kappa shape index (κ2) is 5.18. The highest BCUT2D eigenvalue weighted by Crippen LogP contribution is 2.31. The molecule has 0 fully saturated rings. The average Bonchev–Trinajstić information content (AvgIpc) is 2.83. The molecule has 2 rings (SSSR count). The minimum Gasteiger partial charge on any atom is -0.271 e. The summed E-state index contributed by atoms with van der Waals surface area (Å²) in [4.78, 5) is 4.51. The first kappa shape index (κ1) is 12.6. The van der Waals surface area contributed by atoms with Gasteiger partial charge < -0.3 is 0 Å². The highest BCUT2D eigenvalue weighted by molar-refractivity contribution is 9.10. The highest BCUT2D eigenvalue weighted by Gasteiger charge is 2.23. The Labute approximate surface area is 109 Å². The van der Waals surface area contributed by atoms with Gasteiger partial charge in [-0.05, 0) is 28.1 Å². The van der Waals surface area contributed by atoms with E-state index in [4.69, 9.17) is 5.84 Å². The highest BCUT2D eigenvalue weighted by atomic mass is 79.9. The van der Waals surface area contributed by atoms with Crippen molar-refractivity contribution < 1.29 is 8.78 Å². The van der Waals surface area contributed by atoms with Crippen LogP contribution >= 0.6 is 27.3 Å². The second-order valence-corrected chi connectivity index (χ2v) is 5.03. The number of hydrazine groups is 1. The maximum Gasteiger partial charge on any atom is 0.145 e. The second-order valence-electron chi connectivity index (χ2n) is 3.26. The van der Waals surface area contributed by atoms with Crippen LogP contribution in [0.2, 0.25) is 0 Å². The van der Waals surface area contributed by atoms with Gasteiger partial charge in [0.25, 0.3) is 0 Å². The van der Waals surface area contributed by atoms with Crippen molar-refractivity contribution in [1.29, 1.82) is 0 Å². The summed E-state index contributed by atoms with van der Waals surface area (Å²) in [5.41, 5.74) is 3.86. The van der Waals surface area contributed by atoms with Crippen LogP contribution in [0, 0.1) is 11.6 Å². The topological polar surface area (TPSA) is 50.9 Å². The summed E-state index contributed by atoms with van der Waals surface area (Å²) in [6.45, 7) is 0. The molecule has 3 nitrogen and oxygen atoms in total. The summed E-state index contributed by atoms with van der Waals surface area (Å²) < 4.78 is 27.8. The fourth-order valence-corrected chi connectivity index (χ4v) is 2.52. The first-order chi connectivity index (χ1) is 8.15. The molecule has 0 bridgehead atoms.